The lowest BCUT2D eigenvalue weighted by Crippen LogP contribution is -2.17. The number of hydrogen-bond acceptors (Lipinski definition) is 2. The molecule has 0 aliphatic carbocycles. The molecule has 0 heterocycles. The van der Waals surface area contributed by atoms with Crippen LogP contribution in [-0.2, 0) is 0 Å². The zero-order valence-electron chi connectivity index (χ0n) is 5.39. The van der Waals surface area contributed by atoms with E-state index in [-0.39, 0.29) is 12.4 Å². The maximum Gasteiger partial charge on any atom is 0.0101 e. The Bertz CT molecular complexity index is 41.4. The van der Waals surface area contributed by atoms with Gasteiger partial charge in [0, 0.05) is 11.8 Å². The van der Waals surface area contributed by atoms with Crippen LogP contribution in [0, 0.1) is 0 Å². The first kappa shape index (κ1) is 11.4. The molecule has 1 atom stereocenters. The normalized spacial score (nSPS) is 12.4. The summed E-state index contributed by atoms with van der Waals surface area (Å²) in [5, 5.41) is 0. The average molecular weight is 156 g/mol. The highest BCUT2D eigenvalue weighted by Gasteiger charge is 1.88. The fourth-order valence-corrected chi connectivity index (χ4v) is 0.911. The molecule has 0 aromatic carbocycles. The van der Waals surface area contributed by atoms with E-state index in [9.17, 15) is 0 Å². The van der Waals surface area contributed by atoms with Gasteiger partial charge in [-0.2, -0.15) is 11.8 Å². The lowest BCUT2D eigenvalue weighted by molar-refractivity contribution is 0.847. The van der Waals surface area contributed by atoms with Crippen molar-refractivity contribution in [3.05, 3.63) is 0 Å². The van der Waals surface area contributed by atoms with Gasteiger partial charge >= 0.3 is 0 Å². The molecule has 0 bridgehead atoms. The van der Waals surface area contributed by atoms with Crippen molar-refractivity contribution in [2.45, 2.75) is 19.9 Å². The monoisotopic (exact) mass is 155 g/mol. The third-order valence-electron chi connectivity index (χ3n) is 0.585. The van der Waals surface area contributed by atoms with E-state index in [0.717, 1.165) is 5.75 Å². The van der Waals surface area contributed by atoms with Crippen LogP contribution in [0.4, 0.5) is 0 Å². The Morgan fingerprint density at radius 2 is 2.12 bits per heavy atom. The van der Waals surface area contributed by atoms with Crippen LogP contribution in [-0.4, -0.2) is 17.5 Å². The summed E-state index contributed by atoms with van der Waals surface area (Å²) in [6.07, 6.45) is 0. The van der Waals surface area contributed by atoms with Crippen LogP contribution in [0.25, 0.3) is 0 Å². The molecule has 3 heteroatoms. The predicted octanol–water partition coefficient (Wildman–Crippen LogP) is 1.51. The molecule has 0 saturated carbocycles. The molecule has 0 rings (SSSR count). The molecule has 0 saturated heterocycles. The quantitative estimate of drug-likeness (QED) is 0.669. The molecule has 0 aromatic heterocycles. The summed E-state index contributed by atoms with van der Waals surface area (Å²) >= 11 is 1.89. The molecule has 0 amide bonds. The van der Waals surface area contributed by atoms with E-state index in [0.29, 0.717) is 6.04 Å². The van der Waals surface area contributed by atoms with E-state index >= 15 is 0 Å². The molecule has 0 spiro atoms. The standard InChI is InChI=1S/C5H13NS.ClH/c1-3-7-4-5(2)6;/h5H,3-4,6H2,1-2H3;1H/t5-;/m1./s1. The van der Waals surface area contributed by atoms with Crippen molar-refractivity contribution in [2.75, 3.05) is 11.5 Å². The molecule has 0 radical (unpaired) electrons. The fraction of sp³-hybridized carbons (Fsp3) is 1.00. The van der Waals surface area contributed by atoms with E-state index in [2.05, 4.69) is 6.92 Å². The summed E-state index contributed by atoms with van der Waals surface area (Å²) < 4.78 is 0. The molecule has 0 aliphatic rings. The zero-order chi connectivity index (χ0) is 5.70. The second-order valence-electron chi connectivity index (χ2n) is 1.64. The van der Waals surface area contributed by atoms with Crippen molar-refractivity contribution >= 4 is 24.2 Å². The van der Waals surface area contributed by atoms with E-state index in [1.807, 2.05) is 18.7 Å². The lowest BCUT2D eigenvalue weighted by Gasteiger charge is -1.99. The zero-order valence-corrected chi connectivity index (χ0v) is 7.02. The average Bonchev–Trinajstić information content (AvgIpc) is 1.61. The van der Waals surface area contributed by atoms with Crippen LogP contribution in [0.5, 0.6) is 0 Å². The Labute approximate surface area is 61.8 Å². The molecule has 52 valence electrons. The number of halogens is 1. The van der Waals surface area contributed by atoms with Gasteiger partial charge in [-0.3, -0.25) is 0 Å². The van der Waals surface area contributed by atoms with Gasteiger partial charge in [0.15, 0.2) is 0 Å². The van der Waals surface area contributed by atoms with Crippen molar-refractivity contribution in [3.8, 4) is 0 Å². The molecular formula is C5H14ClNS. The van der Waals surface area contributed by atoms with Crippen LogP contribution in [0.3, 0.4) is 0 Å². The highest BCUT2D eigenvalue weighted by atomic mass is 35.5. The van der Waals surface area contributed by atoms with Gasteiger partial charge in [-0.15, -0.1) is 12.4 Å². The minimum atomic E-state index is 0. The van der Waals surface area contributed by atoms with Crippen LogP contribution < -0.4 is 5.73 Å². The van der Waals surface area contributed by atoms with Gasteiger partial charge in [0.1, 0.15) is 0 Å². The smallest absolute Gasteiger partial charge is 0.0101 e. The first-order valence-electron chi connectivity index (χ1n) is 2.60. The van der Waals surface area contributed by atoms with Crippen molar-refractivity contribution in [1.29, 1.82) is 0 Å². The van der Waals surface area contributed by atoms with Crippen molar-refractivity contribution in [1.82, 2.24) is 0 Å². The maximum absolute atomic E-state index is 5.46. The minimum absolute atomic E-state index is 0. The number of thioether (sulfide) groups is 1. The van der Waals surface area contributed by atoms with Gasteiger partial charge in [0.25, 0.3) is 0 Å². The number of rotatable bonds is 3. The van der Waals surface area contributed by atoms with Gasteiger partial charge in [0.2, 0.25) is 0 Å². The molecule has 0 unspecified atom stereocenters. The Morgan fingerprint density at radius 3 is 2.25 bits per heavy atom. The number of hydrogen-bond donors (Lipinski definition) is 1. The summed E-state index contributed by atoms with van der Waals surface area (Å²) in [4.78, 5) is 0. The maximum atomic E-state index is 5.46. The molecule has 0 aromatic rings. The van der Waals surface area contributed by atoms with Crippen molar-refractivity contribution in [2.24, 2.45) is 5.73 Å². The molecular weight excluding hydrogens is 142 g/mol. The Balaban J connectivity index is 0. The van der Waals surface area contributed by atoms with E-state index in [4.69, 9.17) is 5.73 Å². The lowest BCUT2D eigenvalue weighted by atomic mass is 10.4. The SMILES string of the molecule is CCSC[C@@H](C)N.Cl. The topological polar surface area (TPSA) is 26.0 Å². The van der Waals surface area contributed by atoms with Gasteiger partial charge in [-0.25, -0.2) is 0 Å². The highest BCUT2D eigenvalue weighted by Crippen LogP contribution is 1.98. The van der Waals surface area contributed by atoms with E-state index in [1.54, 1.807) is 0 Å². The van der Waals surface area contributed by atoms with Crippen LogP contribution in [0.15, 0.2) is 0 Å². The van der Waals surface area contributed by atoms with Crippen LogP contribution in [0.2, 0.25) is 0 Å². The van der Waals surface area contributed by atoms with Crippen molar-refractivity contribution in [3.63, 3.8) is 0 Å². The van der Waals surface area contributed by atoms with Gasteiger partial charge < -0.3 is 5.73 Å². The first-order valence-corrected chi connectivity index (χ1v) is 3.76. The third-order valence-corrected chi connectivity index (χ3v) is 1.75. The second-order valence-corrected chi connectivity index (χ2v) is 2.96. The highest BCUT2D eigenvalue weighted by molar-refractivity contribution is 7.99. The van der Waals surface area contributed by atoms with Gasteiger partial charge in [-0.05, 0) is 12.7 Å². The summed E-state index contributed by atoms with van der Waals surface area (Å²) in [6.45, 7) is 4.18. The largest absolute Gasteiger partial charge is 0.327 e. The second kappa shape index (κ2) is 7.60. The Hall–Kier alpha value is 0.600. The fourth-order valence-electron chi connectivity index (χ4n) is 0.304. The summed E-state index contributed by atoms with van der Waals surface area (Å²) in [6, 6.07) is 0.366. The first-order chi connectivity index (χ1) is 3.27. The number of nitrogens with two attached hydrogens (primary N) is 1. The van der Waals surface area contributed by atoms with Gasteiger partial charge in [-0.1, -0.05) is 6.92 Å². The summed E-state index contributed by atoms with van der Waals surface area (Å²) in [5.74, 6) is 2.28. The molecule has 8 heavy (non-hydrogen) atoms. The van der Waals surface area contributed by atoms with Crippen molar-refractivity contribution < 1.29 is 0 Å². The Kier molecular flexibility index (Phi) is 10.8. The van der Waals surface area contributed by atoms with E-state index in [1.165, 1.54) is 5.75 Å². The Morgan fingerprint density at radius 1 is 1.62 bits per heavy atom. The van der Waals surface area contributed by atoms with E-state index < -0.39 is 0 Å². The van der Waals surface area contributed by atoms with Gasteiger partial charge in [0.05, 0.1) is 0 Å². The molecule has 2 N–H and O–H groups in total. The molecule has 1 nitrogen and oxygen atoms in total. The van der Waals surface area contributed by atoms with Crippen LogP contribution in [0.1, 0.15) is 13.8 Å². The summed E-state index contributed by atoms with van der Waals surface area (Å²) in [5.41, 5.74) is 5.46. The predicted molar refractivity (Wildman–Crippen MR) is 43.9 cm³/mol. The minimum Gasteiger partial charge on any atom is -0.327 e. The molecule has 0 fully saturated rings. The third kappa shape index (κ3) is 9.78. The van der Waals surface area contributed by atoms with Crippen LogP contribution >= 0.6 is 24.2 Å². The summed E-state index contributed by atoms with van der Waals surface area (Å²) in [7, 11) is 0. The molecule has 0 aliphatic heterocycles.